The molecule has 2 aromatic carbocycles. The lowest BCUT2D eigenvalue weighted by atomic mass is 10.1. The molecule has 0 spiro atoms. The van der Waals surface area contributed by atoms with Crippen molar-refractivity contribution in [1.82, 2.24) is 24.6 Å². The Bertz CT molecular complexity index is 1580. The van der Waals surface area contributed by atoms with Crippen molar-refractivity contribution in [3.8, 4) is 16.9 Å². The molecule has 0 aliphatic heterocycles. The molecule has 1 N–H and O–H groups in total. The number of H-pyrrole nitrogens is 1. The fourth-order valence-corrected chi connectivity index (χ4v) is 4.52. The summed E-state index contributed by atoms with van der Waals surface area (Å²) >= 11 is 1.40. The number of hydrogen-bond donors (Lipinski definition) is 1. The highest BCUT2D eigenvalue weighted by Gasteiger charge is 2.13. The van der Waals surface area contributed by atoms with E-state index in [1.165, 1.54) is 22.3 Å². The van der Waals surface area contributed by atoms with Gasteiger partial charge in [-0.2, -0.15) is 5.10 Å². The summed E-state index contributed by atoms with van der Waals surface area (Å²) in [5.74, 6) is 0.243. The number of para-hydroxylation sites is 1. The van der Waals surface area contributed by atoms with Crippen molar-refractivity contribution in [2.24, 2.45) is 0 Å². The number of thiophene rings is 1. The molecule has 5 rings (SSSR count). The van der Waals surface area contributed by atoms with Crippen LogP contribution in [-0.2, 0) is 11.3 Å². The van der Waals surface area contributed by atoms with Gasteiger partial charge in [-0.3, -0.25) is 9.59 Å². The van der Waals surface area contributed by atoms with Crippen LogP contribution in [0.4, 0.5) is 0 Å². The van der Waals surface area contributed by atoms with Crippen molar-refractivity contribution in [3.63, 3.8) is 0 Å². The van der Waals surface area contributed by atoms with Crippen molar-refractivity contribution >= 4 is 33.5 Å². The Kier molecular flexibility index (Phi) is 6.12. The lowest BCUT2D eigenvalue weighted by molar-refractivity contribution is -0.125. The van der Waals surface area contributed by atoms with E-state index in [0.717, 1.165) is 28.1 Å². The maximum Gasteiger partial charge on any atom is 0.259 e. The number of aromatic amines is 1. The molecule has 0 aliphatic carbocycles. The predicted octanol–water partition coefficient (Wildman–Crippen LogP) is 4.82. The number of aromatic nitrogens is 4. The lowest BCUT2D eigenvalue weighted by Gasteiger charge is -2.14. The van der Waals surface area contributed by atoms with Crippen LogP contribution in [0.5, 0.6) is 0 Å². The summed E-state index contributed by atoms with van der Waals surface area (Å²) in [5, 5.41) is 7.19. The van der Waals surface area contributed by atoms with E-state index in [0.29, 0.717) is 16.0 Å². The van der Waals surface area contributed by atoms with Gasteiger partial charge in [0, 0.05) is 30.4 Å². The predicted molar refractivity (Wildman–Crippen MR) is 139 cm³/mol. The van der Waals surface area contributed by atoms with Crippen LogP contribution in [0, 0.1) is 6.92 Å². The molecule has 0 fully saturated rings. The van der Waals surface area contributed by atoms with Crippen LogP contribution in [0.25, 0.3) is 33.2 Å². The average Bonchev–Trinajstić information content (AvgIpc) is 3.51. The molecule has 174 valence electrons. The van der Waals surface area contributed by atoms with Gasteiger partial charge in [0.15, 0.2) is 0 Å². The third-order valence-electron chi connectivity index (χ3n) is 5.64. The smallest absolute Gasteiger partial charge is 0.259 e. The summed E-state index contributed by atoms with van der Waals surface area (Å²) in [6, 6.07) is 19.7. The first-order valence-electron chi connectivity index (χ1n) is 11.1. The molecule has 0 aliphatic rings. The quantitative estimate of drug-likeness (QED) is 0.353. The first kappa shape index (κ1) is 22.5. The zero-order valence-electron chi connectivity index (χ0n) is 19.3. The number of nitrogens with zero attached hydrogens (tertiary/aromatic N) is 4. The van der Waals surface area contributed by atoms with Gasteiger partial charge >= 0.3 is 0 Å². The monoisotopic (exact) mass is 481 g/mol. The van der Waals surface area contributed by atoms with Crippen molar-refractivity contribution in [1.29, 1.82) is 0 Å². The standard InChI is InChI=1S/C27H23N5O2S/c1-18-8-10-19(11-9-18)25-20(16-32(30-25)21-6-4-3-5-7-21)12-13-24(33)31(2)17-23-28-26(34)22-14-15-35-27(22)29-23/h3-16H,17H2,1-2H3,(H,28,29,34)/b13-12+. The zero-order valence-corrected chi connectivity index (χ0v) is 20.1. The number of rotatable bonds is 6. The third-order valence-corrected chi connectivity index (χ3v) is 6.45. The Morgan fingerprint density at radius 1 is 1.11 bits per heavy atom. The maximum atomic E-state index is 12.9. The summed E-state index contributed by atoms with van der Waals surface area (Å²) in [6.07, 6.45) is 5.21. The number of amides is 1. The number of carbonyl (C=O) groups excluding carboxylic acids is 1. The molecule has 0 atom stereocenters. The normalized spacial score (nSPS) is 11.4. The van der Waals surface area contributed by atoms with E-state index in [1.807, 2.05) is 77.8 Å². The maximum absolute atomic E-state index is 12.9. The minimum absolute atomic E-state index is 0.195. The highest BCUT2D eigenvalue weighted by molar-refractivity contribution is 7.16. The molecule has 0 saturated carbocycles. The number of nitrogens with one attached hydrogen (secondary N) is 1. The summed E-state index contributed by atoms with van der Waals surface area (Å²) in [5.41, 5.74) is 4.48. The first-order chi connectivity index (χ1) is 17.0. The molecular weight excluding hydrogens is 458 g/mol. The van der Waals surface area contributed by atoms with Crippen LogP contribution >= 0.6 is 11.3 Å². The number of likely N-dealkylation sites (N-methyl/N-ethyl adjacent to an activating group) is 1. The van der Waals surface area contributed by atoms with Crippen LogP contribution in [-0.4, -0.2) is 37.6 Å². The number of carbonyl (C=O) groups is 1. The van der Waals surface area contributed by atoms with Gasteiger partial charge in [-0.05, 0) is 36.6 Å². The molecule has 0 radical (unpaired) electrons. The summed E-state index contributed by atoms with van der Waals surface area (Å²) < 4.78 is 1.81. The second-order valence-electron chi connectivity index (χ2n) is 8.26. The number of aryl methyl sites for hydroxylation is 1. The molecule has 1 amide bonds. The van der Waals surface area contributed by atoms with E-state index >= 15 is 0 Å². The average molecular weight is 482 g/mol. The minimum Gasteiger partial charge on any atom is -0.335 e. The van der Waals surface area contributed by atoms with Gasteiger partial charge in [0.05, 0.1) is 23.3 Å². The molecule has 0 bridgehead atoms. The highest BCUT2D eigenvalue weighted by Crippen LogP contribution is 2.25. The van der Waals surface area contributed by atoms with E-state index in [9.17, 15) is 9.59 Å². The lowest BCUT2D eigenvalue weighted by Crippen LogP contribution is -2.26. The van der Waals surface area contributed by atoms with Crippen LogP contribution in [0.15, 0.2) is 83.1 Å². The Morgan fingerprint density at radius 2 is 1.89 bits per heavy atom. The first-order valence-corrected chi connectivity index (χ1v) is 12.0. The minimum atomic E-state index is -0.207. The van der Waals surface area contributed by atoms with Crippen LogP contribution in [0.1, 0.15) is 17.0 Å². The molecule has 5 aromatic rings. The summed E-state index contributed by atoms with van der Waals surface area (Å²) in [7, 11) is 1.68. The van der Waals surface area contributed by atoms with E-state index < -0.39 is 0 Å². The van der Waals surface area contributed by atoms with Crippen molar-refractivity contribution < 1.29 is 4.79 Å². The third kappa shape index (κ3) is 4.83. The molecule has 0 unspecified atom stereocenters. The molecule has 7 nitrogen and oxygen atoms in total. The second kappa shape index (κ2) is 9.52. The van der Waals surface area contributed by atoms with Gasteiger partial charge in [-0.15, -0.1) is 11.3 Å². The van der Waals surface area contributed by atoms with E-state index in [-0.39, 0.29) is 18.0 Å². The van der Waals surface area contributed by atoms with Gasteiger partial charge in [0.1, 0.15) is 10.7 Å². The van der Waals surface area contributed by atoms with E-state index in [4.69, 9.17) is 5.10 Å². The Labute approximate surface area is 206 Å². The molecule has 3 aromatic heterocycles. The number of fused-ring (bicyclic) bond motifs is 1. The molecule has 35 heavy (non-hydrogen) atoms. The fraction of sp³-hybridized carbons (Fsp3) is 0.111. The van der Waals surface area contributed by atoms with E-state index in [1.54, 1.807) is 19.2 Å². The topological polar surface area (TPSA) is 83.9 Å². The van der Waals surface area contributed by atoms with Crippen LogP contribution in [0.2, 0.25) is 0 Å². The Hall–Kier alpha value is -4.30. The molecule has 3 heterocycles. The van der Waals surface area contributed by atoms with Gasteiger partial charge in [-0.1, -0.05) is 48.0 Å². The van der Waals surface area contributed by atoms with Crippen LogP contribution < -0.4 is 5.56 Å². The van der Waals surface area contributed by atoms with Gasteiger partial charge in [0.2, 0.25) is 5.91 Å². The van der Waals surface area contributed by atoms with Crippen LogP contribution in [0.3, 0.4) is 0 Å². The Morgan fingerprint density at radius 3 is 2.66 bits per heavy atom. The fourth-order valence-electron chi connectivity index (χ4n) is 3.73. The number of hydrogen-bond acceptors (Lipinski definition) is 5. The van der Waals surface area contributed by atoms with Crippen molar-refractivity contribution in [2.45, 2.75) is 13.5 Å². The van der Waals surface area contributed by atoms with Gasteiger partial charge in [-0.25, -0.2) is 9.67 Å². The molecular formula is C27H23N5O2S. The summed E-state index contributed by atoms with van der Waals surface area (Å²) in [4.78, 5) is 34.5. The number of benzene rings is 2. The largest absolute Gasteiger partial charge is 0.335 e. The highest BCUT2D eigenvalue weighted by atomic mass is 32.1. The van der Waals surface area contributed by atoms with Gasteiger partial charge in [0.25, 0.3) is 5.56 Å². The molecule has 0 saturated heterocycles. The van der Waals surface area contributed by atoms with Gasteiger partial charge < -0.3 is 9.88 Å². The second-order valence-corrected chi connectivity index (χ2v) is 9.15. The summed E-state index contributed by atoms with van der Waals surface area (Å²) in [6.45, 7) is 2.24. The SMILES string of the molecule is Cc1ccc(-c2nn(-c3ccccc3)cc2/C=C/C(=O)N(C)Cc2nc3sccc3c(=O)[nH]2)cc1. The Balaban J connectivity index is 1.41. The zero-order chi connectivity index (χ0) is 24.4. The molecule has 8 heteroatoms. The van der Waals surface area contributed by atoms with Crippen molar-refractivity contribution in [3.05, 3.63) is 106 Å². The van der Waals surface area contributed by atoms with E-state index in [2.05, 4.69) is 9.97 Å². The van der Waals surface area contributed by atoms with Crippen molar-refractivity contribution in [2.75, 3.05) is 7.05 Å².